The Bertz CT molecular complexity index is 2390. The number of nitriles is 2. The van der Waals surface area contributed by atoms with E-state index in [0.29, 0.717) is 60.1 Å². The van der Waals surface area contributed by atoms with Crippen LogP contribution in [0.2, 0.25) is 19.6 Å². The summed E-state index contributed by atoms with van der Waals surface area (Å²) in [6.45, 7) is 10.9. The van der Waals surface area contributed by atoms with E-state index in [4.69, 9.17) is 35.7 Å². The van der Waals surface area contributed by atoms with Gasteiger partial charge in [0.2, 0.25) is 11.4 Å². The fourth-order valence-corrected chi connectivity index (χ4v) is 7.04. The molecule has 2 saturated heterocycles. The second kappa shape index (κ2) is 19.6. The van der Waals surface area contributed by atoms with Crippen LogP contribution in [0.15, 0.2) is 97.6 Å². The zero-order valence-electron chi connectivity index (χ0n) is 34.1. The lowest BCUT2D eigenvalue weighted by atomic mass is 9.93. The smallest absolute Gasteiger partial charge is 0.237 e. The molecule has 15 nitrogen and oxygen atoms in total. The number of aromatic nitrogens is 6. The van der Waals surface area contributed by atoms with Gasteiger partial charge in [0.05, 0.1) is 31.1 Å². The molecule has 6 heterocycles. The summed E-state index contributed by atoms with van der Waals surface area (Å²) in [6, 6.07) is 29.3. The third-order valence-electron chi connectivity index (χ3n) is 10.3. The molecule has 2 aliphatic rings. The Balaban J connectivity index is 0.000000198. The van der Waals surface area contributed by atoms with E-state index in [1.54, 1.807) is 27.2 Å². The van der Waals surface area contributed by atoms with E-state index in [1.807, 2.05) is 100 Å². The van der Waals surface area contributed by atoms with Gasteiger partial charge in [-0.25, -0.2) is 24.3 Å². The molecule has 0 aliphatic carbocycles. The topological polar surface area (TPSA) is 217 Å². The predicted octanol–water partition coefficient (Wildman–Crippen LogP) is 7.08. The van der Waals surface area contributed by atoms with Gasteiger partial charge in [0.25, 0.3) is 0 Å². The minimum absolute atomic E-state index is 0. The molecule has 0 bridgehead atoms. The van der Waals surface area contributed by atoms with E-state index >= 15 is 0 Å². The Morgan fingerprint density at radius 1 is 0.733 bits per heavy atom. The lowest BCUT2D eigenvalue weighted by Gasteiger charge is -2.28. The lowest BCUT2D eigenvalue weighted by Crippen LogP contribution is -2.39. The van der Waals surface area contributed by atoms with E-state index in [0.717, 1.165) is 24.0 Å². The summed E-state index contributed by atoms with van der Waals surface area (Å²) in [6.07, 6.45) is 4.50. The Kier molecular flexibility index (Phi) is 14.8. The number of nitrogen functional groups attached to an aromatic ring is 2. The fourth-order valence-electron chi connectivity index (χ4n) is 7.04. The van der Waals surface area contributed by atoms with E-state index in [-0.39, 0.29) is 19.6 Å². The molecule has 0 radical (unpaired) electrons. The number of ether oxygens (including phenoxy) is 4. The van der Waals surface area contributed by atoms with Gasteiger partial charge >= 0.3 is 0 Å². The zero-order valence-corrected chi connectivity index (χ0v) is 35.1. The highest BCUT2D eigenvalue weighted by Crippen LogP contribution is 2.43. The Morgan fingerprint density at radius 2 is 1.18 bits per heavy atom. The summed E-state index contributed by atoms with van der Waals surface area (Å²) in [5, 5.41) is 38.3. The van der Waals surface area contributed by atoms with Gasteiger partial charge in [-0.1, -0.05) is 102 Å². The summed E-state index contributed by atoms with van der Waals surface area (Å²) in [7, 11) is -1.33. The Hall–Kier alpha value is -5.72. The summed E-state index contributed by atoms with van der Waals surface area (Å²) in [4.78, 5) is 8.00. The maximum absolute atomic E-state index is 11.4. The Labute approximate surface area is 352 Å². The Morgan fingerprint density at radius 3 is 1.67 bits per heavy atom. The normalized spacial score (nSPS) is 23.4. The quantitative estimate of drug-likeness (QED) is 0.118. The lowest BCUT2D eigenvalue weighted by molar-refractivity contribution is -0.250. The van der Waals surface area contributed by atoms with Gasteiger partial charge in [-0.2, -0.15) is 15.5 Å². The molecular weight excluding hydrogens is 777 g/mol. The maximum Gasteiger partial charge on any atom is 0.237 e. The van der Waals surface area contributed by atoms with Crippen LogP contribution in [0.4, 0.5) is 11.6 Å². The molecule has 6 atom stereocenters. The van der Waals surface area contributed by atoms with Crippen LogP contribution in [0.3, 0.4) is 0 Å². The van der Waals surface area contributed by atoms with Crippen molar-refractivity contribution in [2.45, 2.75) is 116 Å². The average Bonchev–Trinajstić information content (AvgIpc) is 4.04. The molecule has 2 aromatic carbocycles. The number of hydrogen-bond acceptors (Lipinski definition) is 13. The van der Waals surface area contributed by atoms with Crippen molar-refractivity contribution in [3.63, 3.8) is 0 Å². The van der Waals surface area contributed by atoms with Gasteiger partial charge in [-0.05, 0) is 48.2 Å². The number of hydrogen-bond donors (Lipinski definition) is 3. The molecule has 2 fully saturated rings. The summed E-state index contributed by atoms with van der Waals surface area (Å²) >= 11 is 0. The molecule has 2 aliphatic heterocycles. The second-order valence-corrected chi connectivity index (χ2v) is 20.3. The SMILES string of the molecule is C.CC[C@@H]1C[C@@H](OCc2ccccc2)C(C#N)(c2ccc3c(N)ncnn23)O1.CC[C@@H]1C[C@@H](OCc2ccccc2)C(O)(c2ccc3c(N)ncnn23)O1.C[Si](C)(C)C#N. The predicted molar refractivity (Wildman–Crippen MR) is 231 cm³/mol. The second-order valence-electron chi connectivity index (χ2n) is 15.6. The monoisotopic (exact) mass is 832 g/mol. The van der Waals surface area contributed by atoms with Crippen molar-refractivity contribution in [3.05, 3.63) is 120 Å². The van der Waals surface area contributed by atoms with Crippen molar-refractivity contribution in [1.82, 2.24) is 29.2 Å². The molecule has 16 heteroatoms. The van der Waals surface area contributed by atoms with Gasteiger partial charge in [0.15, 0.2) is 19.7 Å². The van der Waals surface area contributed by atoms with Gasteiger partial charge in [0.1, 0.15) is 47.7 Å². The molecule has 60 heavy (non-hydrogen) atoms. The molecule has 0 amide bonds. The largest absolute Gasteiger partial charge is 0.382 e. The summed E-state index contributed by atoms with van der Waals surface area (Å²) in [5.41, 5.74) is 17.3. The molecule has 8 rings (SSSR count). The van der Waals surface area contributed by atoms with Crippen LogP contribution in [0, 0.1) is 22.3 Å². The van der Waals surface area contributed by atoms with Crippen LogP contribution in [0.25, 0.3) is 11.0 Å². The fraction of sp³-hybridized carbons (Fsp3) is 0.409. The van der Waals surface area contributed by atoms with Crippen molar-refractivity contribution >= 4 is 30.7 Å². The number of fused-ring (bicyclic) bond motifs is 2. The van der Waals surface area contributed by atoms with Crippen molar-refractivity contribution < 1.29 is 24.1 Å². The van der Waals surface area contributed by atoms with Crippen LogP contribution >= 0.6 is 0 Å². The third kappa shape index (κ3) is 9.83. The number of anilines is 2. The van der Waals surface area contributed by atoms with E-state index in [9.17, 15) is 10.4 Å². The highest BCUT2D eigenvalue weighted by molar-refractivity contribution is 6.83. The molecule has 316 valence electrons. The van der Waals surface area contributed by atoms with E-state index in [2.05, 4.69) is 31.9 Å². The summed E-state index contributed by atoms with van der Waals surface area (Å²) in [5.74, 6) is -0.888. The van der Waals surface area contributed by atoms with Crippen LogP contribution in [0.1, 0.15) is 69.5 Å². The molecular formula is C44H56N10O5Si. The van der Waals surface area contributed by atoms with Crippen LogP contribution < -0.4 is 11.5 Å². The highest BCUT2D eigenvalue weighted by atomic mass is 28.3. The van der Waals surface area contributed by atoms with Crippen LogP contribution in [0.5, 0.6) is 0 Å². The van der Waals surface area contributed by atoms with E-state index < -0.39 is 31.7 Å². The van der Waals surface area contributed by atoms with E-state index in [1.165, 1.54) is 12.7 Å². The minimum atomic E-state index is -1.59. The van der Waals surface area contributed by atoms with Crippen molar-refractivity contribution in [2.24, 2.45) is 0 Å². The van der Waals surface area contributed by atoms with Crippen LogP contribution in [-0.2, 0) is 43.5 Å². The van der Waals surface area contributed by atoms with Crippen molar-refractivity contribution in [3.8, 4) is 11.8 Å². The third-order valence-corrected chi connectivity index (χ3v) is 10.9. The minimum Gasteiger partial charge on any atom is -0.382 e. The first-order chi connectivity index (χ1) is 28.4. The number of nitrogens with two attached hydrogens (primary N) is 2. The molecule has 0 saturated carbocycles. The highest BCUT2D eigenvalue weighted by Gasteiger charge is 2.53. The zero-order chi connectivity index (χ0) is 42.2. The average molecular weight is 833 g/mol. The molecule has 0 spiro atoms. The van der Waals surface area contributed by atoms with Crippen LogP contribution in [-0.4, -0.2) is 66.8 Å². The first-order valence-electron chi connectivity index (χ1n) is 19.7. The first kappa shape index (κ1) is 45.4. The molecule has 5 N–H and O–H groups in total. The number of benzene rings is 2. The standard InChI is InChI=1S/C20H21N5O2.C19H22N4O3.C4H9NSi.CH4/c1-2-15-10-18(26-11-14-6-4-3-5-7-14)20(12-21,27-15)17-9-8-16-19(22)23-13-24-25(16)17;1-2-14-10-17(25-11-13-6-4-3-5-7-13)19(24,26-14)16-9-8-15-18(20)21-12-22-23(15)16;1-6(2,3)4-5;/h3-9,13,15,18H,2,10-11H2,1H3,(H2,22,23,24);3-9,12,14,17,24H,2,10-11H2,1H3,(H2,20,21,22);1-3H3;1H4/t15-,18-,20?;14-,17-,19?;;/m11../s1. The van der Waals surface area contributed by atoms with Gasteiger partial charge in [-0.3, -0.25) is 0 Å². The van der Waals surface area contributed by atoms with Gasteiger partial charge in [-0.15, -0.1) is 0 Å². The summed E-state index contributed by atoms with van der Waals surface area (Å²) < 4.78 is 27.7. The van der Waals surface area contributed by atoms with Gasteiger partial charge < -0.3 is 35.5 Å². The number of aliphatic hydroxyl groups is 1. The molecule has 6 aromatic rings. The molecule has 2 unspecified atom stereocenters. The number of nitrogens with zero attached hydrogens (tertiary/aromatic N) is 8. The first-order valence-corrected chi connectivity index (χ1v) is 23.2. The number of rotatable bonds is 10. The van der Waals surface area contributed by atoms with Crippen molar-refractivity contribution in [1.29, 1.82) is 10.5 Å². The van der Waals surface area contributed by atoms with Gasteiger partial charge in [0, 0.05) is 18.5 Å². The maximum atomic E-state index is 11.4. The molecule has 4 aromatic heterocycles. The van der Waals surface area contributed by atoms with Crippen molar-refractivity contribution in [2.75, 3.05) is 11.5 Å².